The molecule has 0 saturated carbocycles. The molecule has 0 aromatic heterocycles. The van der Waals surface area contributed by atoms with Gasteiger partial charge in [-0.1, -0.05) is 73.7 Å². The van der Waals surface area contributed by atoms with E-state index < -0.39 is 5.91 Å². The van der Waals surface area contributed by atoms with Gasteiger partial charge in [-0.15, -0.1) is 11.8 Å². The summed E-state index contributed by atoms with van der Waals surface area (Å²) in [7, 11) is 0. The van der Waals surface area contributed by atoms with Crippen molar-refractivity contribution in [2.24, 2.45) is 0 Å². The molecule has 0 unspecified atom stereocenters. The molecule has 0 atom stereocenters. The van der Waals surface area contributed by atoms with Gasteiger partial charge in [0.05, 0.1) is 5.75 Å². The van der Waals surface area contributed by atoms with Gasteiger partial charge in [-0.25, -0.2) is 0 Å². The van der Waals surface area contributed by atoms with Crippen molar-refractivity contribution in [2.75, 3.05) is 16.4 Å². The number of para-hydroxylation sites is 1. The number of aryl methyl sites for hydroxylation is 2. The highest BCUT2D eigenvalue weighted by Gasteiger charge is 2.15. The summed E-state index contributed by atoms with van der Waals surface area (Å²) in [5.41, 5.74) is 4.96. The average molecular weight is 550 g/mol. The molecular weight excluding hydrogens is 518 g/mol. The highest BCUT2D eigenvalue weighted by Crippen LogP contribution is 2.24. The van der Waals surface area contributed by atoms with E-state index in [0.717, 1.165) is 33.7 Å². The SMILES string of the molecule is CCc1cccc(C)c1NC(=O)CSc1ccc(NC(=O)/C(=C/c2ccccc2)NC(=O)c2ccccc2)cc1. The van der Waals surface area contributed by atoms with Crippen molar-refractivity contribution in [2.45, 2.75) is 25.2 Å². The smallest absolute Gasteiger partial charge is 0.272 e. The average Bonchev–Trinajstić information content (AvgIpc) is 2.98. The molecule has 0 spiro atoms. The number of benzene rings is 4. The molecule has 0 heterocycles. The lowest BCUT2D eigenvalue weighted by atomic mass is 10.1. The Morgan fingerprint density at radius 2 is 1.45 bits per heavy atom. The number of hydrogen-bond acceptors (Lipinski definition) is 4. The molecule has 0 fully saturated rings. The fourth-order valence-electron chi connectivity index (χ4n) is 4.02. The molecule has 40 heavy (non-hydrogen) atoms. The maximum absolute atomic E-state index is 13.2. The summed E-state index contributed by atoms with van der Waals surface area (Å²) < 4.78 is 0. The van der Waals surface area contributed by atoms with Crippen LogP contribution in [0.4, 0.5) is 11.4 Å². The number of carbonyl (C=O) groups is 3. The Balaban J connectivity index is 1.39. The molecule has 4 aromatic rings. The molecule has 4 rings (SSSR count). The van der Waals surface area contributed by atoms with Gasteiger partial charge in [0.25, 0.3) is 11.8 Å². The molecule has 3 amide bonds. The van der Waals surface area contributed by atoms with Gasteiger partial charge in [-0.3, -0.25) is 14.4 Å². The second-order valence-corrected chi connectivity index (χ2v) is 10.1. The maximum atomic E-state index is 13.2. The number of anilines is 2. The van der Waals surface area contributed by atoms with Crippen molar-refractivity contribution in [3.63, 3.8) is 0 Å². The Labute approximate surface area is 238 Å². The van der Waals surface area contributed by atoms with Crippen molar-refractivity contribution in [3.8, 4) is 0 Å². The zero-order valence-electron chi connectivity index (χ0n) is 22.4. The summed E-state index contributed by atoms with van der Waals surface area (Å²) in [6, 6.07) is 31.3. The van der Waals surface area contributed by atoms with Gasteiger partial charge in [0.2, 0.25) is 5.91 Å². The highest BCUT2D eigenvalue weighted by molar-refractivity contribution is 8.00. The van der Waals surface area contributed by atoms with Crippen LogP contribution in [0.15, 0.2) is 114 Å². The van der Waals surface area contributed by atoms with E-state index in [1.807, 2.05) is 73.7 Å². The highest BCUT2D eigenvalue weighted by atomic mass is 32.2. The molecular formula is C33H31N3O3S. The predicted octanol–water partition coefficient (Wildman–Crippen LogP) is 6.70. The van der Waals surface area contributed by atoms with Gasteiger partial charge in [-0.2, -0.15) is 0 Å². The molecule has 7 heteroatoms. The van der Waals surface area contributed by atoms with E-state index in [1.165, 1.54) is 11.8 Å². The minimum atomic E-state index is -0.446. The zero-order chi connectivity index (χ0) is 28.3. The van der Waals surface area contributed by atoms with Crippen molar-refractivity contribution in [3.05, 3.63) is 131 Å². The van der Waals surface area contributed by atoms with Crippen LogP contribution < -0.4 is 16.0 Å². The number of hydrogen-bond donors (Lipinski definition) is 3. The van der Waals surface area contributed by atoms with E-state index in [9.17, 15) is 14.4 Å². The summed E-state index contributed by atoms with van der Waals surface area (Å²) in [5, 5.41) is 8.63. The quantitative estimate of drug-likeness (QED) is 0.152. The minimum Gasteiger partial charge on any atom is -0.325 e. The van der Waals surface area contributed by atoms with E-state index in [0.29, 0.717) is 11.3 Å². The standard InChI is InChI=1S/C33H31N3O3S/c1-3-25-16-10-11-23(2)31(25)36-30(37)22-40-28-19-17-27(18-20-28)34-33(39)29(21-24-12-6-4-7-13-24)35-32(38)26-14-8-5-9-15-26/h4-21H,3,22H2,1-2H3,(H,34,39)(H,35,38)(H,36,37)/b29-21-. The fourth-order valence-corrected chi connectivity index (χ4v) is 4.72. The molecule has 0 radical (unpaired) electrons. The van der Waals surface area contributed by atoms with Gasteiger partial charge in [0.1, 0.15) is 5.70 Å². The molecule has 0 aliphatic carbocycles. The van der Waals surface area contributed by atoms with Crippen LogP contribution in [0, 0.1) is 6.92 Å². The lowest BCUT2D eigenvalue weighted by molar-refractivity contribution is -0.114. The number of amides is 3. The third-order valence-electron chi connectivity index (χ3n) is 6.13. The van der Waals surface area contributed by atoms with Gasteiger partial charge >= 0.3 is 0 Å². The fraction of sp³-hybridized carbons (Fsp3) is 0.121. The Morgan fingerprint density at radius 3 is 2.12 bits per heavy atom. The van der Waals surface area contributed by atoms with Crippen molar-refractivity contribution < 1.29 is 14.4 Å². The number of rotatable bonds is 10. The monoisotopic (exact) mass is 549 g/mol. The molecule has 0 saturated heterocycles. The van der Waals surface area contributed by atoms with E-state index in [1.54, 1.807) is 42.5 Å². The zero-order valence-corrected chi connectivity index (χ0v) is 23.3. The van der Waals surface area contributed by atoms with Crippen molar-refractivity contribution in [1.29, 1.82) is 0 Å². The van der Waals surface area contributed by atoms with Crippen LogP contribution in [0.2, 0.25) is 0 Å². The van der Waals surface area contributed by atoms with Gasteiger partial charge in [-0.05, 0) is 72.5 Å². The largest absolute Gasteiger partial charge is 0.325 e. The van der Waals surface area contributed by atoms with Gasteiger partial charge in [0, 0.05) is 21.8 Å². The van der Waals surface area contributed by atoms with E-state index >= 15 is 0 Å². The molecule has 0 bridgehead atoms. The first-order chi connectivity index (χ1) is 19.4. The molecule has 4 aromatic carbocycles. The van der Waals surface area contributed by atoms with Crippen LogP contribution in [0.5, 0.6) is 0 Å². The molecule has 0 aliphatic rings. The van der Waals surface area contributed by atoms with E-state index in [-0.39, 0.29) is 23.3 Å². The lowest BCUT2D eigenvalue weighted by Crippen LogP contribution is -2.30. The first-order valence-corrected chi connectivity index (χ1v) is 14.0. The molecule has 3 N–H and O–H groups in total. The number of nitrogens with one attached hydrogen (secondary N) is 3. The van der Waals surface area contributed by atoms with Crippen LogP contribution in [-0.2, 0) is 16.0 Å². The summed E-state index contributed by atoms with van der Waals surface area (Å²) >= 11 is 1.42. The number of carbonyl (C=O) groups excluding carboxylic acids is 3. The van der Waals surface area contributed by atoms with Crippen LogP contribution >= 0.6 is 11.8 Å². The topological polar surface area (TPSA) is 87.3 Å². The third-order valence-corrected chi connectivity index (χ3v) is 7.14. The normalized spacial score (nSPS) is 11.0. The summed E-state index contributed by atoms with van der Waals surface area (Å²) in [5.74, 6) is -0.632. The summed E-state index contributed by atoms with van der Waals surface area (Å²) in [4.78, 5) is 39.5. The maximum Gasteiger partial charge on any atom is 0.272 e. The first-order valence-electron chi connectivity index (χ1n) is 13.0. The molecule has 6 nitrogen and oxygen atoms in total. The van der Waals surface area contributed by atoms with Crippen LogP contribution in [0.3, 0.4) is 0 Å². The summed E-state index contributed by atoms with van der Waals surface area (Å²) in [6.07, 6.45) is 2.48. The van der Waals surface area contributed by atoms with Crippen LogP contribution in [0.1, 0.15) is 34.0 Å². The van der Waals surface area contributed by atoms with E-state index in [4.69, 9.17) is 0 Å². The Kier molecular flexibility index (Phi) is 9.91. The predicted molar refractivity (Wildman–Crippen MR) is 163 cm³/mol. The second-order valence-electron chi connectivity index (χ2n) is 9.07. The van der Waals surface area contributed by atoms with Crippen LogP contribution in [0.25, 0.3) is 6.08 Å². The van der Waals surface area contributed by atoms with Crippen LogP contribution in [-0.4, -0.2) is 23.5 Å². The molecule has 0 aliphatic heterocycles. The second kappa shape index (κ2) is 14.0. The lowest BCUT2D eigenvalue weighted by Gasteiger charge is -2.13. The van der Waals surface area contributed by atoms with Crippen molar-refractivity contribution in [1.82, 2.24) is 5.32 Å². The Hall–Kier alpha value is -4.62. The van der Waals surface area contributed by atoms with E-state index in [2.05, 4.69) is 22.9 Å². The summed E-state index contributed by atoms with van der Waals surface area (Å²) in [6.45, 7) is 4.06. The van der Waals surface area contributed by atoms with Crippen molar-refractivity contribution >= 4 is 46.9 Å². The first kappa shape index (κ1) is 28.4. The minimum absolute atomic E-state index is 0.0729. The van der Waals surface area contributed by atoms with Gasteiger partial charge < -0.3 is 16.0 Å². The molecule has 202 valence electrons. The number of thioether (sulfide) groups is 1. The Morgan fingerprint density at radius 1 is 0.775 bits per heavy atom. The Bertz CT molecular complexity index is 1500. The van der Waals surface area contributed by atoms with Gasteiger partial charge in [0.15, 0.2) is 0 Å². The third kappa shape index (κ3) is 7.94.